The molecule has 2 aromatic carbocycles. The lowest BCUT2D eigenvalue weighted by atomic mass is 10.1. The zero-order valence-electron chi connectivity index (χ0n) is 13.8. The minimum absolute atomic E-state index is 0.189. The number of carbonyl (C=O) groups is 1. The summed E-state index contributed by atoms with van der Waals surface area (Å²) in [6.07, 6.45) is 0. The van der Waals surface area contributed by atoms with Crippen LogP contribution in [-0.4, -0.2) is 26.4 Å². The van der Waals surface area contributed by atoms with E-state index in [-0.39, 0.29) is 11.6 Å². The van der Waals surface area contributed by atoms with Gasteiger partial charge in [0, 0.05) is 11.6 Å². The molecule has 0 spiro atoms. The Labute approximate surface area is 152 Å². The first kappa shape index (κ1) is 16.2. The predicted molar refractivity (Wildman–Crippen MR) is 98.5 cm³/mol. The Hall–Kier alpha value is -3.26. The summed E-state index contributed by atoms with van der Waals surface area (Å²) in [5.74, 6) is 0.914. The zero-order chi connectivity index (χ0) is 17.9. The summed E-state index contributed by atoms with van der Waals surface area (Å²) in [4.78, 5) is 12.5. The first-order valence-electron chi connectivity index (χ1n) is 7.97. The fraction of sp³-hybridized carbons (Fsp3) is 0.111. The Bertz CT molecular complexity index is 1060. The Morgan fingerprint density at radius 3 is 2.85 bits per heavy atom. The number of amides is 1. The molecule has 130 valence electrons. The summed E-state index contributed by atoms with van der Waals surface area (Å²) in [6, 6.07) is 14.4. The Kier molecular flexibility index (Phi) is 4.32. The van der Waals surface area contributed by atoms with Crippen LogP contribution in [0.2, 0.25) is 0 Å². The molecule has 0 radical (unpaired) electrons. The number of ether oxygens (including phenoxy) is 1. The fourth-order valence-corrected chi connectivity index (χ4v) is 3.04. The smallest absolute Gasteiger partial charge is 0.277 e. The quantitative estimate of drug-likeness (QED) is 0.574. The van der Waals surface area contributed by atoms with Crippen LogP contribution in [0.5, 0.6) is 5.75 Å². The number of aromatic nitrogens is 3. The molecule has 1 amide bonds. The van der Waals surface area contributed by atoms with E-state index in [0.717, 1.165) is 28.6 Å². The Morgan fingerprint density at radius 1 is 1.19 bits per heavy atom. The topological polar surface area (TPSA) is 90.1 Å². The van der Waals surface area contributed by atoms with Crippen molar-refractivity contribution in [1.82, 2.24) is 13.9 Å². The van der Waals surface area contributed by atoms with Gasteiger partial charge in [-0.3, -0.25) is 4.79 Å². The van der Waals surface area contributed by atoms with Crippen molar-refractivity contribution in [3.8, 4) is 17.1 Å². The molecule has 0 aliphatic carbocycles. The van der Waals surface area contributed by atoms with Gasteiger partial charge in [0.05, 0.1) is 24.0 Å². The van der Waals surface area contributed by atoms with Crippen molar-refractivity contribution in [2.45, 2.75) is 6.92 Å². The van der Waals surface area contributed by atoms with Crippen LogP contribution in [0, 0.1) is 0 Å². The number of anilines is 1. The van der Waals surface area contributed by atoms with Crippen LogP contribution >= 0.6 is 11.7 Å². The van der Waals surface area contributed by atoms with E-state index in [2.05, 4.69) is 19.2 Å². The van der Waals surface area contributed by atoms with E-state index < -0.39 is 0 Å². The van der Waals surface area contributed by atoms with Gasteiger partial charge in [-0.2, -0.15) is 8.75 Å². The van der Waals surface area contributed by atoms with Gasteiger partial charge in [-0.15, -0.1) is 0 Å². The molecule has 0 saturated carbocycles. The molecule has 26 heavy (non-hydrogen) atoms. The van der Waals surface area contributed by atoms with E-state index in [1.54, 1.807) is 12.1 Å². The Morgan fingerprint density at radius 2 is 2.04 bits per heavy atom. The predicted octanol–water partition coefficient (Wildman–Crippen LogP) is 4.00. The third-order valence-electron chi connectivity index (χ3n) is 3.73. The molecule has 2 heterocycles. The van der Waals surface area contributed by atoms with Crippen molar-refractivity contribution < 1.29 is 14.1 Å². The molecule has 7 nitrogen and oxygen atoms in total. The lowest BCUT2D eigenvalue weighted by Gasteiger charge is -2.03. The molecule has 4 rings (SSSR count). The van der Waals surface area contributed by atoms with E-state index in [1.165, 1.54) is 0 Å². The van der Waals surface area contributed by atoms with Gasteiger partial charge in [0.25, 0.3) is 5.91 Å². The number of hydrogen-bond donors (Lipinski definition) is 1. The van der Waals surface area contributed by atoms with E-state index in [9.17, 15) is 4.79 Å². The molecule has 0 fully saturated rings. The number of carbonyl (C=O) groups excluding carboxylic acids is 1. The summed E-state index contributed by atoms with van der Waals surface area (Å²) < 4.78 is 19.1. The van der Waals surface area contributed by atoms with Gasteiger partial charge in [-0.25, -0.2) is 0 Å². The highest BCUT2D eigenvalue weighted by molar-refractivity contribution is 7.00. The molecular weight excluding hydrogens is 352 g/mol. The number of nitrogens with zero attached hydrogens (tertiary/aromatic N) is 3. The summed E-state index contributed by atoms with van der Waals surface area (Å²) in [6.45, 7) is 2.53. The van der Waals surface area contributed by atoms with Crippen LogP contribution in [0.1, 0.15) is 17.4 Å². The molecule has 1 N–H and O–H groups in total. The van der Waals surface area contributed by atoms with Crippen molar-refractivity contribution >= 4 is 34.4 Å². The third-order valence-corrected chi connectivity index (χ3v) is 4.27. The van der Waals surface area contributed by atoms with E-state index >= 15 is 0 Å². The largest absolute Gasteiger partial charge is 0.494 e. The van der Waals surface area contributed by atoms with E-state index in [4.69, 9.17) is 9.26 Å². The summed E-state index contributed by atoms with van der Waals surface area (Å²) in [5, 5.41) is 6.66. The average molecular weight is 366 g/mol. The van der Waals surface area contributed by atoms with Crippen LogP contribution in [0.4, 0.5) is 5.69 Å². The van der Waals surface area contributed by atoms with Crippen molar-refractivity contribution in [2.24, 2.45) is 0 Å². The van der Waals surface area contributed by atoms with Gasteiger partial charge in [0.2, 0.25) is 0 Å². The average Bonchev–Trinajstić information content (AvgIpc) is 3.33. The van der Waals surface area contributed by atoms with Crippen molar-refractivity contribution in [2.75, 3.05) is 11.9 Å². The van der Waals surface area contributed by atoms with Crippen LogP contribution in [0.3, 0.4) is 0 Å². The van der Waals surface area contributed by atoms with E-state index in [1.807, 2.05) is 43.3 Å². The summed E-state index contributed by atoms with van der Waals surface area (Å²) in [7, 11) is 0. The summed E-state index contributed by atoms with van der Waals surface area (Å²) >= 11 is 1.10. The normalized spacial score (nSPS) is 10.8. The van der Waals surface area contributed by atoms with Gasteiger partial charge >= 0.3 is 0 Å². The molecule has 0 atom stereocenters. The highest BCUT2D eigenvalue weighted by atomic mass is 32.1. The van der Waals surface area contributed by atoms with Crippen LogP contribution in [0.15, 0.2) is 53.1 Å². The maximum Gasteiger partial charge on any atom is 0.277 e. The van der Waals surface area contributed by atoms with Gasteiger partial charge < -0.3 is 14.6 Å². The second-order valence-electron chi connectivity index (χ2n) is 5.43. The molecular formula is C18H14N4O3S. The van der Waals surface area contributed by atoms with Gasteiger partial charge in [-0.05, 0) is 43.3 Å². The van der Waals surface area contributed by atoms with Crippen LogP contribution in [-0.2, 0) is 0 Å². The number of nitrogens with one attached hydrogen (secondary N) is 1. The number of rotatable bonds is 5. The Balaban J connectivity index is 1.53. The lowest BCUT2D eigenvalue weighted by molar-refractivity contribution is 0.101. The third kappa shape index (κ3) is 3.14. The number of benzene rings is 2. The molecule has 0 aliphatic rings. The number of hydrogen-bond acceptors (Lipinski definition) is 7. The second kappa shape index (κ2) is 6.93. The summed E-state index contributed by atoms with van der Waals surface area (Å²) in [5.41, 5.74) is 2.98. The molecule has 8 heteroatoms. The van der Waals surface area contributed by atoms with Gasteiger partial charge in [0.15, 0.2) is 11.5 Å². The van der Waals surface area contributed by atoms with Gasteiger partial charge in [-0.1, -0.05) is 11.2 Å². The fourth-order valence-electron chi connectivity index (χ4n) is 2.49. The minimum Gasteiger partial charge on any atom is -0.494 e. The van der Waals surface area contributed by atoms with Crippen molar-refractivity contribution in [3.63, 3.8) is 0 Å². The monoisotopic (exact) mass is 366 g/mol. The highest BCUT2D eigenvalue weighted by Crippen LogP contribution is 2.25. The van der Waals surface area contributed by atoms with Gasteiger partial charge in [0.1, 0.15) is 16.8 Å². The van der Waals surface area contributed by atoms with Crippen LogP contribution < -0.4 is 10.1 Å². The second-order valence-corrected chi connectivity index (χ2v) is 5.95. The lowest BCUT2D eigenvalue weighted by Crippen LogP contribution is -2.12. The van der Waals surface area contributed by atoms with Crippen molar-refractivity contribution in [1.29, 1.82) is 0 Å². The number of fused-ring (bicyclic) bond motifs is 1. The maximum atomic E-state index is 12.5. The SMILES string of the molecule is CCOc1ccc(-c2cc(C(=O)Nc3cccc4nsnc34)no2)cc1. The van der Waals surface area contributed by atoms with Crippen molar-refractivity contribution in [3.05, 3.63) is 54.2 Å². The molecule has 0 bridgehead atoms. The molecule has 0 aliphatic heterocycles. The highest BCUT2D eigenvalue weighted by Gasteiger charge is 2.16. The molecule has 0 saturated heterocycles. The van der Waals surface area contributed by atoms with E-state index in [0.29, 0.717) is 23.6 Å². The molecule has 4 aromatic rings. The molecule has 0 unspecified atom stereocenters. The maximum absolute atomic E-state index is 12.5. The first-order chi connectivity index (χ1) is 12.7. The van der Waals surface area contributed by atoms with Crippen LogP contribution in [0.25, 0.3) is 22.4 Å². The zero-order valence-corrected chi connectivity index (χ0v) is 14.6. The standard InChI is InChI=1S/C18H14N4O3S/c1-2-24-12-8-6-11(7-9-12)16-10-15(20-25-16)18(23)19-13-4-3-5-14-17(13)22-26-21-14/h3-10H,2H2,1H3,(H,19,23). The first-order valence-corrected chi connectivity index (χ1v) is 8.70. The minimum atomic E-state index is -0.369. The molecule has 2 aromatic heterocycles.